The minimum Gasteiger partial charge on any atom is -0.381 e. The number of anilines is 1. The number of hydrogen-bond acceptors (Lipinski definition) is 4. The van der Waals surface area contributed by atoms with E-state index in [1.165, 1.54) is 6.07 Å². The molecule has 0 fully saturated rings. The third-order valence-electron chi connectivity index (χ3n) is 2.98. The fourth-order valence-electron chi connectivity index (χ4n) is 1.88. The molecule has 24 heavy (non-hydrogen) atoms. The van der Waals surface area contributed by atoms with Gasteiger partial charge < -0.3 is 10.4 Å². The van der Waals surface area contributed by atoms with Gasteiger partial charge in [-0.2, -0.15) is 23.5 Å². The van der Waals surface area contributed by atoms with E-state index in [9.17, 15) is 27.5 Å². The van der Waals surface area contributed by atoms with Gasteiger partial charge in [-0.25, -0.2) is 4.39 Å². The van der Waals surface area contributed by atoms with Crippen molar-refractivity contribution in [1.29, 1.82) is 5.26 Å². The number of carbonyl (C=O) groups excluding carboxylic acids is 1. The summed E-state index contributed by atoms with van der Waals surface area (Å²) in [5.41, 5.74) is -2.03. The molecule has 1 heterocycles. The number of nitrogens with zero attached hydrogens (tertiary/aromatic N) is 3. The van der Waals surface area contributed by atoms with Crippen LogP contribution in [0.2, 0.25) is 0 Å². The fraction of sp³-hybridized carbons (Fsp3) is 0.214. The number of nitriles is 1. The van der Waals surface area contributed by atoms with E-state index in [1.807, 2.05) is 0 Å². The van der Waals surface area contributed by atoms with E-state index in [1.54, 1.807) is 0 Å². The fourth-order valence-corrected chi connectivity index (χ4v) is 1.88. The Morgan fingerprint density at radius 2 is 2.17 bits per heavy atom. The Morgan fingerprint density at radius 3 is 2.71 bits per heavy atom. The van der Waals surface area contributed by atoms with Crippen molar-refractivity contribution >= 4 is 11.6 Å². The van der Waals surface area contributed by atoms with Crippen molar-refractivity contribution in [3.8, 4) is 6.07 Å². The van der Waals surface area contributed by atoms with Crippen LogP contribution in [-0.4, -0.2) is 26.9 Å². The third-order valence-corrected chi connectivity index (χ3v) is 2.98. The number of carbonyl (C=O) groups is 1. The monoisotopic (exact) mass is 342 g/mol. The highest BCUT2D eigenvalue weighted by Gasteiger charge is 2.34. The number of aliphatic hydroxyl groups excluding tert-OH is 1. The summed E-state index contributed by atoms with van der Waals surface area (Å²) in [7, 11) is 0. The van der Waals surface area contributed by atoms with Gasteiger partial charge in [0.15, 0.2) is 11.9 Å². The van der Waals surface area contributed by atoms with E-state index in [0.29, 0.717) is 6.07 Å². The van der Waals surface area contributed by atoms with Gasteiger partial charge in [-0.05, 0) is 18.2 Å². The lowest BCUT2D eigenvalue weighted by atomic mass is 10.1. The van der Waals surface area contributed by atoms with Gasteiger partial charge in [0.25, 0.3) is 5.91 Å². The molecular weight excluding hydrogens is 332 g/mol. The van der Waals surface area contributed by atoms with Gasteiger partial charge in [0.05, 0.1) is 36.1 Å². The maximum Gasteiger partial charge on any atom is 0.417 e. The number of rotatable bonds is 4. The molecule has 1 amide bonds. The summed E-state index contributed by atoms with van der Waals surface area (Å²) < 4.78 is 52.2. The average Bonchev–Trinajstić information content (AvgIpc) is 2.91. The van der Waals surface area contributed by atoms with Gasteiger partial charge in [-0.15, -0.1) is 0 Å². The van der Waals surface area contributed by atoms with Crippen LogP contribution < -0.4 is 5.32 Å². The summed E-state index contributed by atoms with van der Waals surface area (Å²) in [5, 5.41) is 24.0. The molecule has 0 aliphatic heterocycles. The van der Waals surface area contributed by atoms with Crippen LogP contribution >= 0.6 is 0 Å². The SMILES string of the molecule is N#Cc1ccc(NC(=O)[C@@H](O)Cn2cc(F)cn2)cc1C(F)(F)F. The van der Waals surface area contributed by atoms with Crippen LogP contribution in [0.5, 0.6) is 0 Å². The first-order chi connectivity index (χ1) is 11.2. The Balaban J connectivity index is 2.12. The van der Waals surface area contributed by atoms with Crippen LogP contribution in [0.15, 0.2) is 30.6 Å². The molecule has 0 aliphatic rings. The molecule has 1 aromatic heterocycles. The maximum atomic E-state index is 12.8. The van der Waals surface area contributed by atoms with Gasteiger partial charge in [0.2, 0.25) is 0 Å². The Labute approximate surface area is 132 Å². The van der Waals surface area contributed by atoms with E-state index >= 15 is 0 Å². The van der Waals surface area contributed by atoms with E-state index in [0.717, 1.165) is 29.2 Å². The van der Waals surface area contributed by atoms with E-state index in [4.69, 9.17) is 5.26 Å². The molecular formula is C14H10F4N4O2. The van der Waals surface area contributed by atoms with Gasteiger partial charge in [0, 0.05) is 5.69 Å². The largest absolute Gasteiger partial charge is 0.417 e. The Hall–Kier alpha value is -2.93. The van der Waals surface area contributed by atoms with Gasteiger partial charge in [0.1, 0.15) is 0 Å². The molecule has 2 N–H and O–H groups in total. The number of halogens is 4. The predicted octanol–water partition coefficient (Wildman–Crippen LogP) is 1.91. The Morgan fingerprint density at radius 1 is 1.46 bits per heavy atom. The van der Waals surface area contributed by atoms with Crippen molar-refractivity contribution in [1.82, 2.24) is 9.78 Å². The normalized spacial score (nSPS) is 12.5. The second-order valence-electron chi connectivity index (χ2n) is 4.76. The lowest BCUT2D eigenvalue weighted by Crippen LogP contribution is -2.31. The minimum absolute atomic E-state index is 0.239. The highest BCUT2D eigenvalue weighted by Crippen LogP contribution is 2.33. The molecule has 1 atom stereocenters. The molecule has 0 aliphatic carbocycles. The first-order valence-electron chi connectivity index (χ1n) is 6.49. The van der Waals surface area contributed by atoms with Crippen LogP contribution in [0.3, 0.4) is 0 Å². The number of aromatic nitrogens is 2. The van der Waals surface area contributed by atoms with Gasteiger partial charge >= 0.3 is 6.18 Å². The number of alkyl halides is 3. The van der Waals surface area contributed by atoms with Crippen molar-refractivity contribution in [2.45, 2.75) is 18.8 Å². The topological polar surface area (TPSA) is 90.9 Å². The van der Waals surface area contributed by atoms with Crippen molar-refractivity contribution in [2.75, 3.05) is 5.32 Å². The predicted molar refractivity (Wildman–Crippen MR) is 73.0 cm³/mol. The number of hydrogen-bond donors (Lipinski definition) is 2. The van der Waals surface area contributed by atoms with E-state index in [2.05, 4.69) is 10.4 Å². The quantitative estimate of drug-likeness (QED) is 0.831. The summed E-state index contributed by atoms with van der Waals surface area (Å²) >= 11 is 0. The van der Waals surface area contributed by atoms with Crippen LogP contribution in [-0.2, 0) is 17.5 Å². The van der Waals surface area contributed by atoms with E-state index < -0.39 is 35.1 Å². The second-order valence-corrected chi connectivity index (χ2v) is 4.76. The van der Waals surface area contributed by atoms with Crippen molar-refractivity contribution in [3.05, 3.63) is 47.5 Å². The molecule has 0 bridgehead atoms. The number of benzene rings is 1. The minimum atomic E-state index is -4.77. The van der Waals surface area contributed by atoms with Crippen LogP contribution in [0.4, 0.5) is 23.2 Å². The lowest BCUT2D eigenvalue weighted by molar-refractivity contribution is -0.137. The van der Waals surface area contributed by atoms with Crippen molar-refractivity contribution in [3.63, 3.8) is 0 Å². The van der Waals surface area contributed by atoms with Crippen LogP contribution in [0.25, 0.3) is 0 Å². The number of nitrogens with one attached hydrogen (secondary N) is 1. The van der Waals surface area contributed by atoms with Crippen LogP contribution in [0.1, 0.15) is 11.1 Å². The molecule has 0 saturated carbocycles. The molecule has 10 heteroatoms. The second kappa shape index (κ2) is 6.67. The zero-order valence-corrected chi connectivity index (χ0v) is 11.9. The molecule has 2 aromatic rings. The molecule has 126 valence electrons. The summed E-state index contributed by atoms with van der Waals surface area (Å²) in [6.07, 6.45) is -4.60. The molecule has 0 unspecified atom stereocenters. The van der Waals surface area contributed by atoms with E-state index in [-0.39, 0.29) is 12.2 Å². The van der Waals surface area contributed by atoms with Crippen LogP contribution in [0, 0.1) is 17.1 Å². The smallest absolute Gasteiger partial charge is 0.381 e. The first kappa shape index (κ1) is 17.4. The van der Waals surface area contributed by atoms with Gasteiger partial charge in [-0.1, -0.05) is 0 Å². The highest BCUT2D eigenvalue weighted by molar-refractivity contribution is 5.94. The molecule has 2 rings (SSSR count). The molecule has 0 spiro atoms. The highest BCUT2D eigenvalue weighted by atomic mass is 19.4. The average molecular weight is 342 g/mol. The Kier molecular flexibility index (Phi) is 4.85. The third kappa shape index (κ3) is 4.08. The standard InChI is InChI=1S/C14H10F4N4O2/c15-9-5-20-22(6-9)7-12(23)13(24)21-10-2-1-8(4-19)11(3-10)14(16,17)18/h1-3,5-6,12,23H,7H2,(H,21,24)/t12-/m0/s1. The lowest BCUT2D eigenvalue weighted by Gasteiger charge is -2.14. The summed E-state index contributed by atoms with van der Waals surface area (Å²) in [5.74, 6) is -1.66. The number of aliphatic hydroxyl groups is 1. The Bertz CT molecular complexity index is 795. The first-order valence-corrected chi connectivity index (χ1v) is 6.49. The zero-order chi connectivity index (χ0) is 17.9. The number of amides is 1. The van der Waals surface area contributed by atoms with Crippen molar-refractivity contribution < 1.29 is 27.5 Å². The van der Waals surface area contributed by atoms with Crippen molar-refractivity contribution in [2.24, 2.45) is 0 Å². The zero-order valence-electron chi connectivity index (χ0n) is 11.9. The molecule has 6 nitrogen and oxygen atoms in total. The summed E-state index contributed by atoms with van der Waals surface area (Å²) in [6.45, 7) is -0.377. The van der Waals surface area contributed by atoms with Gasteiger partial charge in [-0.3, -0.25) is 9.48 Å². The molecule has 1 aromatic carbocycles. The summed E-state index contributed by atoms with van der Waals surface area (Å²) in [6, 6.07) is 4.02. The molecule has 0 radical (unpaired) electrons. The molecule has 0 saturated heterocycles. The maximum absolute atomic E-state index is 12.8. The summed E-state index contributed by atoms with van der Waals surface area (Å²) in [4.78, 5) is 11.8.